The summed E-state index contributed by atoms with van der Waals surface area (Å²) < 4.78 is 19.4. The fraction of sp³-hybridized carbons (Fsp3) is 0.179. The van der Waals surface area contributed by atoms with Gasteiger partial charge in [-0.3, -0.25) is 14.4 Å². The summed E-state index contributed by atoms with van der Waals surface area (Å²) in [7, 11) is 1.53. The number of hydrogen-bond acceptors (Lipinski definition) is 4. The van der Waals surface area contributed by atoms with Gasteiger partial charge in [0.15, 0.2) is 0 Å². The highest BCUT2D eigenvalue weighted by Gasteiger charge is 2.24. The van der Waals surface area contributed by atoms with Crippen molar-refractivity contribution < 1.29 is 23.2 Å². The molecule has 0 saturated carbocycles. The van der Waals surface area contributed by atoms with Gasteiger partial charge in [-0.05, 0) is 65.6 Å². The molecule has 1 atom stereocenters. The Kier molecular flexibility index (Phi) is 6.87. The molecule has 4 rings (SSSR count). The molecule has 0 fully saturated rings. The minimum atomic E-state index is -0.788. The van der Waals surface area contributed by atoms with E-state index < -0.39 is 23.7 Å². The smallest absolute Gasteiger partial charge is 0.255 e. The Morgan fingerprint density at radius 3 is 2.19 bits per heavy atom. The first kappa shape index (κ1) is 24.7. The number of carbonyl (C=O) groups is 3. The van der Waals surface area contributed by atoms with Gasteiger partial charge in [0.05, 0.1) is 5.56 Å². The van der Waals surface area contributed by atoms with Crippen LogP contribution < -0.4 is 16.4 Å². The first-order valence-corrected chi connectivity index (χ1v) is 11.4. The van der Waals surface area contributed by atoms with E-state index in [-0.39, 0.29) is 11.8 Å². The van der Waals surface area contributed by atoms with Crippen molar-refractivity contribution in [2.24, 2.45) is 11.7 Å². The maximum atomic E-state index is 13.4. The summed E-state index contributed by atoms with van der Waals surface area (Å²) in [6, 6.07) is 17.2. The molecule has 0 aliphatic heterocycles. The number of primary amides is 1. The van der Waals surface area contributed by atoms with Crippen LogP contribution in [0, 0.1) is 11.7 Å². The fourth-order valence-electron chi connectivity index (χ4n) is 4.06. The van der Waals surface area contributed by atoms with Crippen molar-refractivity contribution in [3.8, 4) is 22.5 Å². The lowest BCUT2D eigenvalue weighted by molar-refractivity contribution is -0.120. The van der Waals surface area contributed by atoms with Crippen LogP contribution in [0.2, 0.25) is 0 Å². The predicted molar refractivity (Wildman–Crippen MR) is 136 cm³/mol. The number of hydrogen-bond donors (Lipinski definition) is 3. The number of amides is 3. The van der Waals surface area contributed by atoms with Gasteiger partial charge in [-0.25, -0.2) is 4.39 Å². The first-order chi connectivity index (χ1) is 17.2. The lowest BCUT2D eigenvalue weighted by atomic mass is 9.98. The second-order valence-electron chi connectivity index (χ2n) is 8.78. The number of nitrogens with two attached hydrogens (primary N) is 1. The SMILES string of the molecule is CNC(=O)c1c(-c2ccc(F)cc2)oc2ccc(-c3cccc(C(=O)N[C@H](C(N)=O)C(C)C)c3)cc12. The Bertz CT molecular complexity index is 1460. The van der Waals surface area contributed by atoms with E-state index in [0.29, 0.717) is 33.4 Å². The summed E-state index contributed by atoms with van der Waals surface area (Å²) in [4.78, 5) is 37.3. The van der Waals surface area contributed by atoms with Gasteiger partial charge >= 0.3 is 0 Å². The van der Waals surface area contributed by atoms with E-state index in [1.807, 2.05) is 18.2 Å². The van der Waals surface area contributed by atoms with Crippen LogP contribution in [0.4, 0.5) is 4.39 Å². The summed E-state index contributed by atoms with van der Waals surface area (Å²) >= 11 is 0. The first-order valence-electron chi connectivity index (χ1n) is 11.4. The summed E-state index contributed by atoms with van der Waals surface area (Å²) in [5, 5.41) is 5.90. The van der Waals surface area contributed by atoms with Crippen molar-refractivity contribution >= 4 is 28.7 Å². The zero-order chi connectivity index (χ0) is 26.0. The average molecular weight is 488 g/mol. The van der Waals surface area contributed by atoms with Crippen LogP contribution >= 0.6 is 0 Å². The highest BCUT2D eigenvalue weighted by Crippen LogP contribution is 2.36. The van der Waals surface area contributed by atoms with Gasteiger partial charge in [-0.1, -0.05) is 32.0 Å². The number of furan rings is 1. The normalized spacial score (nSPS) is 11.9. The minimum Gasteiger partial charge on any atom is -0.455 e. The highest BCUT2D eigenvalue weighted by atomic mass is 19.1. The lowest BCUT2D eigenvalue weighted by Gasteiger charge is -2.19. The molecule has 0 aliphatic carbocycles. The van der Waals surface area contributed by atoms with E-state index in [4.69, 9.17) is 10.2 Å². The molecule has 1 aromatic heterocycles. The van der Waals surface area contributed by atoms with Crippen molar-refractivity contribution in [3.05, 3.63) is 83.7 Å². The molecule has 184 valence electrons. The summed E-state index contributed by atoms with van der Waals surface area (Å²) in [6.45, 7) is 3.60. The van der Waals surface area contributed by atoms with Gasteiger partial charge in [0.1, 0.15) is 23.2 Å². The number of benzene rings is 3. The van der Waals surface area contributed by atoms with Gasteiger partial charge in [-0.2, -0.15) is 0 Å². The Morgan fingerprint density at radius 1 is 0.889 bits per heavy atom. The molecule has 0 saturated heterocycles. The van der Waals surface area contributed by atoms with Crippen LogP contribution in [0.3, 0.4) is 0 Å². The van der Waals surface area contributed by atoms with Crippen molar-refractivity contribution in [1.82, 2.24) is 10.6 Å². The monoisotopic (exact) mass is 487 g/mol. The Morgan fingerprint density at radius 2 is 1.56 bits per heavy atom. The lowest BCUT2D eigenvalue weighted by Crippen LogP contribution is -2.47. The standard InChI is InChI=1S/C28H26FN3O4/c1-15(2)24(26(30)33)32-27(34)19-6-4-5-17(13-19)18-9-12-22-21(14-18)23(28(35)31-3)25(36-22)16-7-10-20(29)11-8-16/h4-15,24H,1-3H3,(H2,30,33)(H,31,35)(H,32,34)/t24-/m0/s1. The summed E-state index contributed by atoms with van der Waals surface area (Å²) in [6.07, 6.45) is 0. The zero-order valence-electron chi connectivity index (χ0n) is 20.1. The molecular weight excluding hydrogens is 461 g/mol. The van der Waals surface area contributed by atoms with E-state index in [1.165, 1.54) is 19.2 Å². The van der Waals surface area contributed by atoms with Gasteiger partial charge < -0.3 is 20.8 Å². The van der Waals surface area contributed by atoms with Crippen molar-refractivity contribution in [3.63, 3.8) is 0 Å². The predicted octanol–water partition coefficient (Wildman–Crippen LogP) is 4.51. The second kappa shape index (κ2) is 10.0. The molecule has 36 heavy (non-hydrogen) atoms. The molecule has 0 unspecified atom stereocenters. The number of rotatable bonds is 7. The van der Waals surface area contributed by atoms with Crippen LogP contribution in [0.15, 0.2) is 71.1 Å². The second-order valence-corrected chi connectivity index (χ2v) is 8.78. The van der Waals surface area contributed by atoms with Crippen LogP contribution in [-0.2, 0) is 4.79 Å². The molecular formula is C28H26FN3O4. The molecule has 8 heteroatoms. The third-order valence-corrected chi connectivity index (χ3v) is 5.97. The van der Waals surface area contributed by atoms with E-state index >= 15 is 0 Å². The Labute approximate surface area is 207 Å². The number of halogens is 1. The highest BCUT2D eigenvalue weighted by molar-refractivity contribution is 6.12. The molecule has 0 spiro atoms. The van der Waals surface area contributed by atoms with Crippen LogP contribution in [-0.4, -0.2) is 30.8 Å². The van der Waals surface area contributed by atoms with Gasteiger partial charge in [0.2, 0.25) is 5.91 Å². The van der Waals surface area contributed by atoms with Crippen molar-refractivity contribution in [1.29, 1.82) is 0 Å². The molecule has 4 aromatic rings. The topological polar surface area (TPSA) is 114 Å². The van der Waals surface area contributed by atoms with Crippen LogP contribution in [0.1, 0.15) is 34.6 Å². The van der Waals surface area contributed by atoms with E-state index in [0.717, 1.165) is 11.1 Å². The molecule has 0 bridgehead atoms. The number of carbonyl (C=O) groups excluding carboxylic acids is 3. The van der Waals surface area contributed by atoms with E-state index in [9.17, 15) is 18.8 Å². The molecule has 0 radical (unpaired) electrons. The molecule has 7 nitrogen and oxygen atoms in total. The van der Waals surface area contributed by atoms with Crippen molar-refractivity contribution in [2.75, 3.05) is 7.05 Å². The molecule has 0 aliphatic rings. The van der Waals surface area contributed by atoms with Gasteiger partial charge in [0, 0.05) is 23.6 Å². The van der Waals surface area contributed by atoms with Crippen molar-refractivity contribution in [2.45, 2.75) is 19.9 Å². The summed E-state index contributed by atoms with van der Waals surface area (Å²) in [5.41, 5.74) is 8.67. The average Bonchev–Trinajstić information content (AvgIpc) is 3.25. The van der Waals surface area contributed by atoms with E-state index in [1.54, 1.807) is 50.2 Å². The van der Waals surface area contributed by atoms with Crippen LogP contribution in [0.25, 0.3) is 33.4 Å². The zero-order valence-corrected chi connectivity index (χ0v) is 20.1. The molecule has 1 heterocycles. The molecule has 4 N–H and O–H groups in total. The largest absolute Gasteiger partial charge is 0.455 e. The summed E-state index contributed by atoms with van der Waals surface area (Å²) in [5.74, 6) is -1.57. The Hall–Kier alpha value is -4.46. The third kappa shape index (κ3) is 4.84. The molecule has 3 aromatic carbocycles. The fourth-order valence-corrected chi connectivity index (χ4v) is 4.06. The maximum absolute atomic E-state index is 13.4. The van der Waals surface area contributed by atoms with Crippen LogP contribution in [0.5, 0.6) is 0 Å². The minimum absolute atomic E-state index is 0.156. The van der Waals surface area contributed by atoms with E-state index in [2.05, 4.69) is 10.6 Å². The maximum Gasteiger partial charge on any atom is 0.255 e. The quantitative estimate of drug-likeness (QED) is 0.356. The van der Waals surface area contributed by atoms with Gasteiger partial charge in [0.25, 0.3) is 11.8 Å². The number of nitrogens with one attached hydrogen (secondary N) is 2. The number of fused-ring (bicyclic) bond motifs is 1. The van der Waals surface area contributed by atoms with Gasteiger partial charge in [-0.15, -0.1) is 0 Å². The molecule has 3 amide bonds. The third-order valence-electron chi connectivity index (χ3n) is 5.97. The Balaban J connectivity index is 1.76.